The zero-order valence-corrected chi connectivity index (χ0v) is 15.2. The van der Waals surface area contributed by atoms with Gasteiger partial charge in [0, 0.05) is 24.3 Å². The summed E-state index contributed by atoms with van der Waals surface area (Å²) in [7, 11) is 0. The van der Waals surface area contributed by atoms with Crippen molar-refractivity contribution >= 4 is 23.2 Å². The largest absolute Gasteiger partial charge is 0.326 e. The molecular weight excluding hydrogens is 312 g/mol. The maximum Gasteiger partial charge on any atom is 0.229 e. The van der Waals surface area contributed by atoms with Crippen molar-refractivity contribution in [1.29, 1.82) is 0 Å². The summed E-state index contributed by atoms with van der Waals surface area (Å²) in [6.45, 7) is 8.43. The molecule has 0 aromatic heterocycles. The third-order valence-corrected chi connectivity index (χ3v) is 4.85. The lowest BCUT2D eigenvalue weighted by Crippen LogP contribution is -2.29. The quantitative estimate of drug-likeness (QED) is 0.924. The minimum Gasteiger partial charge on any atom is -0.326 e. The molecule has 0 bridgehead atoms. The zero-order valence-electron chi connectivity index (χ0n) is 15.2. The van der Waals surface area contributed by atoms with Crippen molar-refractivity contribution in [3.63, 3.8) is 0 Å². The van der Waals surface area contributed by atoms with Gasteiger partial charge in [0.05, 0.1) is 5.92 Å². The maximum atomic E-state index is 12.7. The molecule has 1 fully saturated rings. The fourth-order valence-corrected chi connectivity index (χ4v) is 3.52. The average molecular weight is 336 g/mol. The van der Waals surface area contributed by atoms with E-state index in [1.54, 1.807) is 4.90 Å². The van der Waals surface area contributed by atoms with Crippen molar-refractivity contribution in [2.45, 2.75) is 34.1 Å². The van der Waals surface area contributed by atoms with Crippen molar-refractivity contribution in [3.05, 3.63) is 58.7 Å². The molecule has 2 aromatic carbocycles. The number of hydrogen-bond acceptors (Lipinski definition) is 2. The number of carbonyl (C=O) groups is 2. The first-order valence-electron chi connectivity index (χ1n) is 8.61. The molecule has 0 spiro atoms. The van der Waals surface area contributed by atoms with Gasteiger partial charge in [0.25, 0.3) is 0 Å². The average Bonchev–Trinajstić information content (AvgIpc) is 2.92. The summed E-state index contributed by atoms with van der Waals surface area (Å²) in [6.07, 6.45) is 0.254. The summed E-state index contributed by atoms with van der Waals surface area (Å²) in [5, 5.41) is 2.98. The van der Waals surface area contributed by atoms with Crippen LogP contribution in [0.5, 0.6) is 0 Å². The fraction of sp³-hybridized carbons (Fsp3) is 0.333. The van der Waals surface area contributed by atoms with Crippen molar-refractivity contribution in [3.8, 4) is 0 Å². The van der Waals surface area contributed by atoms with Gasteiger partial charge < -0.3 is 10.2 Å². The molecule has 1 atom stereocenters. The van der Waals surface area contributed by atoms with Crippen LogP contribution in [0.25, 0.3) is 0 Å². The van der Waals surface area contributed by atoms with Gasteiger partial charge in [-0.15, -0.1) is 0 Å². The number of rotatable bonds is 3. The van der Waals surface area contributed by atoms with E-state index in [9.17, 15) is 9.59 Å². The fourth-order valence-electron chi connectivity index (χ4n) is 3.52. The number of carbonyl (C=O) groups excluding carboxylic acids is 2. The molecule has 0 saturated carbocycles. The van der Waals surface area contributed by atoms with Gasteiger partial charge in [0.1, 0.15) is 0 Å². The second-order valence-electron chi connectivity index (χ2n) is 6.95. The first-order chi connectivity index (χ1) is 11.9. The Balaban J connectivity index is 1.77. The smallest absolute Gasteiger partial charge is 0.229 e. The van der Waals surface area contributed by atoms with Crippen molar-refractivity contribution < 1.29 is 9.59 Å². The van der Waals surface area contributed by atoms with E-state index in [2.05, 4.69) is 5.32 Å². The summed E-state index contributed by atoms with van der Waals surface area (Å²) >= 11 is 0. The SMILES string of the molecule is Cc1ccc(NC(=O)[C@H]2CC(=O)N(c3c(C)cccc3C)C2)c(C)c1. The number of nitrogens with one attached hydrogen (secondary N) is 1. The Kier molecular flexibility index (Phi) is 4.62. The van der Waals surface area contributed by atoms with E-state index in [0.717, 1.165) is 33.6 Å². The molecule has 1 aliphatic heterocycles. The molecule has 25 heavy (non-hydrogen) atoms. The van der Waals surface area contributed by atoms with Gasteiger partial charge in [-0.1, -0.05) is 35.9 Å². The number of benzene rings is 2. The number of nitrogens with zero attached hydrogens (tertiary/aromatic N) is 1. The van der Waals surface area contributed by atoms with Gasteiger partial charge in [-0.25, -0.2) is 0 Å². The molecule has 0 aliphatic carbocycles. The minimum absolute atomic E-state index is 0.0122. The van der Waals surface area contributed by atoms with E-state index in [-0.39, 0.29) is 24.2 Å². The third-order valence-electron chi connectivity index (χ3n) is 4.85. The van der Waals surface area contributed by atoms with Gasteiger partial charge in [-0.2, -0.15) is 0 Å². The van der Waals surface area contributed by atoms with Gasteiger partial charge in [0.15, 0.2) is 0 Å². The molecule has 1 aliphatic rings. The van der Waals surface area contributed by atoms with Crippen molar-refractivity contribution in [1.82, 2.24) is 0 Å². The van der Waals surface area contributed by atoms with E-state index in [1.165, 1.54) is 0 Å². The Hall–Kier alpha value is -2.62. The first kappa shape index (κ1) is 17.2. The Morgan fingerprint density at radius 2 is 1.72 bits per heavy atom. The van der Waals surface area contributed by atoms with E-state index >= 15 is 0 Å². The van der Waals surface area contributed by atoms with Crippen LogP contribution in [0.15, 0.2) is 36.4 Å². The highest BCUT2D eigenvalue weighted by Crippen LogP contribution is 2.31. The lowest BCUT2D eigenvalue weighted by Gasteiger charge is -2.21. The monoisotopic (exact) mass is 336 g/mol. The maximum absolute atomic E-state index is 12.7. The zero-order chi connectivity index (χ0) is 18.1. The Labute approximate surface area is 148 Å². The summed E-state index contributed by atoms with van der Waals surface area (Å²) in [4.78, 5) is 26.9. The van der Waals surface area contributed by atoms with E-state index in [1.807, 2.05) is 64.1 Å². The predicted molar refractivity (Wildman–Crippen MR) is 101 cm³/mol. The number of aryl methyl sites for hydroxylation is 4. The predicted octanol–water partition coefficient (Wildman–Crippen LogP) is 3.91. The molecule has 2 amide bonds. The van der Waals surface area contributed by atoms with Crippen LogP contribution in [0.4, 0.5) is 11.4 Å². The van der Waals surface area contributed by atoms with Gasteiger partial charge in [-0.3, -0.25) is 9.59 Å². The molecule has 4 nitrogen and oxygen atoms in total. The molecule has 1 N–H and O–H groups in total. The number of para-hydroxylation sites is 1. The topological polar surface area (TPSA) is 49.4 Å². The molecular formula is C21H24N2O2. The lowest BCUT2D eigenvalue weighted by molar-refractivity contribution is -0.122. The normalized spacial score (nSPS) is 17.0. The van der Waals surface area contributed by atoms with Crippen LogP contribution < -0.4 is 10.2 Å². The molecule has 1 saturated heterocycles. The highest BCUT2D eigenvalue weighted by Gasteiger charge is 2.36. The number of amides is 2. The van der Waals surface area contributed by atoms with Crippen LogP contribution in [-0.2, 0) is 9.59 Å². The summed E-state index contributed by atoms with van der Waals surface area (Å²) in [6, 6.07) is 11.9. The number of hydrogen-bond donors (Lipinski definition) is 1. The minimum atomic E-state index is -0.327. The van der Waals surface area contributed by atoms with Gasteiger partial charge in [-0.05, 0) is 50.5 Å². The van der Waals surface area contributed by atoms with E-state index < -0.39 is 0 Å². The summed E-state index contributed by atoms with van der Waals surface area (Å²) in [5.74, 6) is -0.403. The molecule has 130 valence electrons. The standard InChI is InChI=1S/C21H24N2O2/c1-13-8-9-18(16(4)10-13)22-21(25)17-11-19(24)23(12-17)20-14(2)6-5-7-15(20)3/h5-10,17H,11-12H2,1-4H3,(H,22,25)/t17-/m0/s1. The summed E-state index contributed by atoms with van der Waals surface area (Å²) < 4.78 is 0. The Morgan fingerprint density at radius 1 is 1.04 bits per heavy atom. The van der Waals surface area contributed by atoms with Crippen LogP contribution in [0.3, 0.4) is 0 Å². The second-order valence-corrected chi connectivity index (χ2v) is 6.95. The van der Waals surface area contributed by atoms with Crippen LogP contribution >= 0.6 is 0 Å². The van der Waals surface area contributed by atoms with Crippen LogP contribution in [-0.4, -0.2) is 18.4 Å². The van der Waals surface area contributed by atoms with Crippen LogP contribution in [0.2, 0.25) is 0 Å². The number of anilines is 2. The van der Waals surface area contributed by atoms with Crippen LogP contribution in [0.1, 0.15) is 28.7 Å². The van der Waals surface area contributed by atoms with Crippen molar-refractivity contribution in [2.75, 3.05) is 16.8 Å². The highest BCUT2D eigenvalue weighted by molar-refractivity contribution is 6.04. The molecule has 0 unspecified atom stereocenters. The molecule has 0 radical (unpaired) electrons. The molecule has 4 heteroatoms. The van der Waals surface area contributed by atoms with Crippen LogP contribution in [0, 0.1) is 33.6 Å². The van der Waals surface area contributed by atoms with Gasteiger partial charge >= 0.3 is 0 Å². The lowest BCUT2D eigenvalue weighted by atomic mass is 10.1. The van der Waals surface area contributed by atoms with E-state index in [0.29, 0.717) is 6.54 Å². The molecule has 2 aromatic rings. The molecule has 1 heterocycles. The van der Waals surface area contributed by atoms with E-state index in [4.69, 9.17) is 0 Å². The first-order valence-corrected chi connectivity index (χ1v) is 8.61. The summed E-state index contributed by atoms with van der Waals surface area (Å²) in [5.41, 5.74) is 6.06. The van der Waals surface area contributed by atoms with Gasteiger partial charge in [0.2, 0.25) is 11.8 Å². The molecule has 3 rings (SSSR count). The Bertz CT molecular complexity index is 822. The Morgan fingerprint density at radius 3 is 2.36 bits per heavy atom. The van der Waals surface area contributed by atoms with Crippen molar-refractivity contribution in [2.24, 2.45) is 5.92 Å². The third kappa shape index (κ3) is 3.43. The second kappa shape index (κ2) is 6.71. The highest BCUT2D eigenvalue weighted by atomic mass is 16.2.